The van der Waals surface area contributed by atoms with Crippen molar-refractivity contribution in [2.75, 3.05) is 0 Å². The Morgan fingerprint density at radius 1 is 1.12 bits per heavy atom. The molecule has 2 saturated heterocycles. The summed E-state index contributed by atoms with van der Waals surface area (Å²) in [5.41, 5.74) is 0.0262. The molecule has 1 aromatic rings. The molecular formula is C14H19NO. The zero-order chi connectivity index (χ0) is 11.0. The first-order valence-electron chi connectivity index (χ1n) is 6.24. The van der Waals surface area contributed by atoms with Crippen LogP contribution in [0.4, 0.5) is 0 Å². The van der Waals surface area contributed by atoms with Crippen LogP contribution in [0.15, 0.2) is 30.3 Å². The number of nitrogens with one attached hydrogen (secondary N) is 1. The predicted molar refractivity (Wildman–Crippen MR) is 64.7 cm³/mol. The smallest absolute Gasteiger partial charge is 0.120 e. The van der Waals surface area contributed by atoms with Crippen LogP contribution in [-0.4, -0.2) is 17.7 Å². The van der Waals surface area contributed by atoms with Crippen molar-refractivity contribution in [3.05, 3.63) is 30.3 Å². The number of hydrogen-bond donors (Lipinski definition) is 1. The molecule has 1 aromatic carbocycles. The van der Waals surface area contributed by atoms with Crippen molar-refractivity contribution >= 4 is 0 Å². The first-order valence-corrected chi connectivity index (χ1v) is 6.24. The molecule has 0 amide bonds. The normalized spacial score (nSPS) is 37.3. The van der Waals surface area contributed by atoms with Crippen LogP contribution in [-0.2, 0) is 0 Å². The lowest BCUT2D eigenvalue weighted by Gasteiger charge is -2.38. The third-order valence-corrected chi connectivity index (χ3v) is 3.80. The van der Waals surface area contributed by atoms with E-state index in [9.17, 15) is 0 Å². The second-order valence-electron chi connectivity index (χ2n) is 5.41. The van der Waals surface area contributed by atoms with E-state index >= 15 is 0 Å². The summed E-state index contributed by atoms with van der Waals surface area (Å²) in [6.45, 7) is 2.26. The monoisotopic (exact) mass is 217 g/mol. The molecule has 2 aliphatic rings. The molecule has 2 aliphatic heterocycles. The maximum atomic E-state index is 6.18. The number of hydrogen-bond acceptors (Lipinski definition) is 2. The van der Waals surface area contributed by atoms with E-state index in [1.807, 2.05) is 18.2 Å². The summed E-state index contributed by atoms with van der Waals surface area (Å²) in [5, 5.41) is 3.65. The van der Waals surface area contributed by atoms with Gasteiger partial charge in [0.05, 0.1) is 0 Å². The van der Waals surface area contributed by atoms with Gasteiger partial charge in [-0.05, 0) is 31.9 Å². The fraction of sp³-hybridized carbons (Fsp3) is 0.571. The molecule has 0 radical (unpaired) electrons. The molecule has 86 valence electrons. The Balaban J connectivity index is 1.74. The van der Waals surface area contributed by atoms with Crippen LogP contribution in [0, 0.1) is 0 Å². The van der Waals surface area contributed by atoms with E-state index in [1.165, 1.54) is 12.8 Å². The molecule has 0 spiro atoms. The number of rotatable bonds is 2. The minimum absolute atomic E-state index is 0.0262. The van der Waals surface area contributed by atoms with Crippen molar-refractivity contribution in [3.63, 3.8) is 0 Å². The lowest BCUT2D eigenvalue weighted by atomic mass is 9.89. The van der Waals surface area contributed by atoms with Crippen LogP contribution in [0.5, 0.6) is 5.75 Å². The van der Waals surface area contributed by atoms with Crippen LogP contribution in [0.1, 0.15) is 32.6 Å². The third-order valence-electron chi connectivity index (χ3n) is 3.80. The van der Waals surface area contributed by atoms with E-state index in [2.05, 4.69) is 24.4 Å². The molecule has 0 saturated carbocycles. The number of piperidine rings is 1. The highest BCUT2D eigenvalue weighted by atomic mass is 16.5. The number of ether oxygens (including phenoxy) is 1. The molecular weight excluding hydrogens is 198 g/mol. The van der Waals surface area contributed by atoms with Crippen molar-refractivity contribution in [2.45, 2.75) is 50.3 Å². The summed E-state index contributed by atoms with van der Waals surface area (Å²) < 4.78 is 6.18. The standard InChI is InChI=1S/C14H19NO/c1-14(16-13-5-3-2-4-6-13)9-11-7-8-12(10-14)15-11/h2-6,11-12,15H,7-10H2,1H3/t11-,12+,14?. The largest absolute Gasteiger partial charge is 0.487 e. The molecule has 1 unspecified atom stereocenters. The van der Waals surface area contributed by atoms with Crippen LogP contribution in [0.2, 0.25) is 0 Å². The van der Waals surface area contributed by atoms with Gasteiger partial charge in [0.2, 0.25) is 0 Å². The van der Waals surface area contributed by atoms with Gasteiger partial charge in [0.1, 0.15) is 11.4 Å². The van der Waals surface area contributed by atoms with Gasteiger partial charge in [-0.15, -0.1) is 0 Å². The van der Waals surface area contributed by atoms with Crippen molar-refractivity contribution in [1.29, 1.82) is 0 Å². The van der Waals surface area contributed by atoms with E-state index in [4.69, 9.17) is 4.74 Å². The summed E-state index contributed by atoms with van der Waals surface area (Å²) in [5.74, 6) is 1.01. The first kappa shape index (κ1) is 10.2. The van der Waals surface area contributed by atoms with Gasteiger partial charge in [0.15, 0.2) is 0 Å². The van der Waals surface area contributed by atoms with Crippen LogP contribution in [0.3, 0.4) is 0 Å². The average Bonchev–Trinajstić information content (AvgIpc) is 2.59. The molecule has 0 aromatic heterocycles. The highest BCUT2D eigenvalue weighted by Gasteiger charge is 2.42. The van der Waals surface area contributed by atoms with Gasteiger partial charge in [-0.1, -0.05) is 18.2 Å². The van der Waals surface area contributed by atoms with E-state index in [0.717, 1.165) is 18.6 Å². The third kappa shape index (κ3) is 1.94. The summed E-state index contributed by atoms with van der Waals surface area (Å²) in [6, 6.07) is 11.5. The maximum Gasteiger partial charge on any atom is 0.120 e. The Kier molecular flexibility index (Phi) is 2.40. The molecule has 2 nitrogen and oxygen atoms in total. The van der Waals surface area contributed by atoms with Gasteiger partial charge in [-0.2, -0.15) is 0 Å². The topological polar surface area (TPSA) is 21.3 Å². The number of para-hydroxylation sites is 1. The second-order valence-corrected chi connectivity index (χ2v) is 5.41. The first-order chi connectivity index (χ1) is 7.73. The molecule has 3 rings (SSSR count). The zero-order valence-corrected chi connectivity index (χ0v) is 9.78. The molecule has 16 heavy (non-hydrogen) atoms. The summed E-state index contributed by atoms with van der Waals surface area (Å²) in [7, 11) is 0. The Morgan fingerprint density at radius 2 is 1.75 bits per heavy atom. The van der Waals surface area contributed by atoms with Gasteiger partial charge in [-0.25, -0.2) is 0 Å². The van der Waals surface area contributed by atoms with Gasteiger partial charge < -0.3 is 10.1 Å². The van der Waals surface area contributed by atoms with Crippen molar-refractivity contribution in [1.82, 2.24) is 5.32 Å². The van der Waals surface area contributed by atoms with E-state index in [-0.39, 0.29) is 5.60 Å². The summed E-state index contributed by atoms with van der Waals surface area (Å²) in [4.78, 5) is 0. The predicted octanol–water partition coefficient (Wildman–Crippen LogP) is 2.74. The quantitative estimate of drug-likeness (QED) is 0.822. The fourth-order valence-corrected chi connectivity index (χ4v) is 3.21. The zero-order valence-electron chi connectivity index (χ0n) is 9.78. The molecule has 1 N–H and O–H groups in total. The summed E-state index contributed by atoms with van der Waals surface area (Å²) >= 11 is 0. The van der Waals surface area contributed by atoms with Crippen LogP contribution >= 0.6 is 0 Å². The molecule has 2 bridgehead atoms. The van der Waals surface area contributed by atoms with Crippen LogP contribution in [0.25, 0.3) is 0 Å². The van der Waals surface area contributed by atoms with Crippen molar-refractivity contribution < 1.29 is 4.74 Å². The van der Waals surface area contributed by atoms with Crippen molar-refractivity contribution in [2.24, 2.45) is 0 Å². The lowest BCUT2D eigenvalue weighted by molar-refractivity contribution is 0.0362. The Hall–Kier alpha value is -1.02. The molecule has 2 fully saturated rings. The van der Waals surface area contributed by atoms with E-state index in [0.29, 0.717) is 12.1 Å². The Labute approximate surface area is 97.0 Å². The van der Waals surface area contributed by atoms with Crippen LogP contribution < -0.4 is 10.1 Å². The Morgan fingerprint density at radius 3 is 2.38 bits per heavy atom. The van der Waals surface area contributed by atoms with Gasteiger partial charge in [-0.3, -0.25) is 0 Å². The van der Waals surface area contributed by atoms with E-state index in [1.54, 1.807) is 0 Å². The van der Waals surface area contributed by atoms with Gasteiger partial charge >= 0.3 is 0 Å². The lowest BCUT2D eigenvalue weighted by Crippen LogP contribution is -2.49. The van der Waals surface area contributed by atoms with E-state index < -0.39 is 0 Å². The maximum absolute atomic E-state index is 6.18. The molecule has 2 heterocycles. The minimum Gasteiger partial charge on any atom is -0.487 e. The SMILES string of the molecule is CC1(Oc2ccccc2)C[C@H]2CC[C@@H](C1)N2. The number of fused-ring (bicyclic) bond motifs is 2. The minimum atomic E-state index is 0.0262. The molecule has 0 aliphatic carbocycles. The van der Waals surface area contributed by atoms with Crippen molar-refractivity contribution in [3.8, 4) is 5.75 Å². The summed E-state index contributed by atoms with van der Waals surface area (Å²) in [6.07, 6.45) is 4.91. The highest BCUT2D eigenvalue weighted by Crippen LogP contribution is 2.36. The Bertz CT molecular complexity index is 350. The molecule has 3 atom stereocenters. The average molecular weight is 217 g/mol. The fourth-order valence-electron chi connectivity index (χ4n) is 3.21. The number of benzene rings is 1. The molecule has 2 heteroatoms. The second kappa shape index (κ2) is 3.77. The highest BCUT2D eigenvalue weighted by molar-refractivity contribution is 5.22. The van der Waals surface area contributed by atoms with Gasteiger partial charge in [0, 0.05) is 24.9 Å². The van der Waals surface area contributed by atoms with Gasteiger partial charge in [0.25, 0.3) is 0 Å².